The van der Waals surface area contributed by atoms with Crippen molar-refractivity contribution in [1.82, 2.24) is 0 Å². The normalized spacial score (nSPS) is 31.7. The Balaban J connectivity index is 2.39. The SMILES string of the molecule is NC[C@@H]1C[C@H](C(=O)O)CCO1. The fourth-order valence-electron chi connectivity index (χ4n) is 1.27. The van der Waals surface area contributed by atoms with Crippen molar-refractivity contribution in [1.29, 1.82) is 0 Å². The van der Waals surface area contributed by atoms with E-state index in [-0.39, 0.29) is 12.0 Å². The van der Waals surface area contributed by atoms with E-state index in [4.69, 9.17) is 15.6 Å². The zero-order valence-electron chi connectivity index (χ0n) is 6.32. The third-order valence-electron chi connectivity index (χ3n) is 1.98. The van der Waals surface area contributed by atoms with Crippen molar-refractivity contribution >= 4 is 5.97 Å². The van der Waals surface area contributed by atoms with Gasteiger partial charge in [0.1, 0.15) is 0 Å². The lowest BCUT2D eigenvalue weighted by Crippen LogP contribution is -2.34. The molecular weight excluding hydrogens is 146 g/mol. The second-order valence-corrected chi connectivity index (χ2v) is 2.79. The summed E-state index contributed by atoms with van der Waals surface area (Å²) < 4.78 is 5.22. The van der Waals surface area contributed by atoms with Gasteiger partial charge in [0.25, 0.3) is 0 Å². The summed E-state index contributed by atoms with van der Waals surface area (Å²) >= 11 is 0. The Morgan fingerprint density at radius 1 is 1.73 bits per heavy atom. The molecule has 1 fully saturated rings. The van der Waals surface area contributed by atoms with Gasteiger partial charge >= 0.3 is 5.97 Å². The average Bonchev–Trinajstić information content (AvgIpc) is 2.05. The van der Waals surface area contributed by atoms with Crippen LogP contribution >= 0.6 is 0 Å². The van der Waals surface area contributed by atoms with E-state index in [2.05, 4.69) is 0 Å². The predicted molar refractivity (Wildman–Crippen MR) is 39.2 cm³/mol. The van der Waals surface area contributed by atoms with E-state index in [1.807, 2.05) is 0 Å². The van der Waals surface area contributed by atoms with Crippen LogP contribution in [0.25, 0.3) is 0 Å². The number of nitrogens with two attached hydrogens (primary N) is 1. The van der Waals surface area contributed by atoms with Crippen LogP contribution in [0, 0.1) is 5.92 Å². The van der Waals surface area contributed by atoms with E-state index in [0.717, 1.165) is 0 Å². The van der Waals surface area contributed by atoms with Gasteiger partial charge in [0, 0.05) is 13.2 Å². The van der Waals surface area contributed by atoms with Crippen LogP contribution in [0.15, 0.2) is 0 Å². The van der Waals surface area contributed by atoms with Crippen LogP contribution in [0.2, 0.25) is 0 Å². The molecule has 1 aliphatic rings. The van der Waals surface area contributed by atoms with E-state index in [9.17, 15) is 4.79 Å². The fourth-order valence-corrected chi connectivity index (χ4v) is 1.27. The van der Waals surface area contributed by atoms with Gasteiger partial charge in [0.2, 0.25) is 0 Å². The molecule has 0 aromatic carbocycles. The third-order valence-corrected chi connectivity index (χ3v) is 1.98. The minimum Gasteiger partial charge on any atom is -0.481 e. The molecule has 4 heteroatoms. The number of ether oxygens (including phenoxy) is 1. The maximum Gasteiger partial charge on any atom is 0.306 e. The molecule has 0 aliphatic carbocycles. The zero-order chi connectivity index (χ0) is 8.27. The van der Waals surface area contributed by atoms with Crippen LogP contribution in [-0.2, 0) is 9.53 Å². The van der Waals surface area contributed by atoms with Crippen molar-refractivity contribution in [3.8, 4) is 0 Å². The van der Waals surface area contributed by atoms with E-state index in [1.165, 1.54) is 0 Å². The Kier molecular flexibility index (Phi) is 2.84. The lowest BCUT2D eigenvalue weighted by molar-refractivity contribution is -0.146. The van der Waals surface area contributed by atoms with Gasteiger partial charge in [-0.05, 0) is 12.8 Å². The first-order valence-electron chi connectivity index (χ1n) is 3.78. The van der Waals surface area contributed by atoms with Crippen LogP contribution in [0.5, 0.6) is 0 Å². The number of aliphatic carboxylic acids is 1. The topological polar surface area (TPSA) is 72.6 Å². The third kappa shape index (κ3) is 2.17. The first-order valence-corrected chi connectivity index (χ1v) is 3.78. The summed E-state index contributed by atoms with van der Waals surface area (Å²) in [5.74, 6) is -0.982. The predicted octanol–water partition coefficient (Wildman–Crippen LogP) is -0.175. The molecule has 64 valence electrons. The highest BCUT2D eigenvalue weighted by Crippen LogP contribution is 2.19. The molecule has 0 aromatic rings. The highest BCUT2D eigenvalue weighted by molar-refractivity contribution is 5.70. The molecule has 0 amide bonds. The van der Waals surface area contributed by atoms with Gasteiger partial charge in [-0.2, -0.15) is 0 Å². The summed E-state index contributed by atoms with van der Waals surface area (Å²) in [7, 11) is 0. The van der Waals surface area contributed by atoms with Gasteiger partial charge in [-0.1, -0.05) is 0 Å². The number of hydrogen-bond acceptors (Lipinski definition) is 3. The highest BCUT2D eigenvalue weighted by atomic mass is 16.5. The lowest BCUT2D eigenvalue weighted by atomic mass is 9.96. The molecule has 0 bridgehead atoms. The van der Waals surface area contributed by atoms with Crippen molar-refractivity contribution in [3.63, 3.8) is 0 Å². The first-order chi connectivity index (χ1) is 5.24. The lowest BCUT2D eigenvalue weighted by Gasteiger charge is -2.25. The summed E-state index contributed by atoms with van der Waals surface area (Å²) in [4.78, 5) is 10.5. The number of carboxylic acids is 1. The molecule has 0 radical (unpaired) electrons. The van der Waals surface area contributed by atoms with Gasteiger partial charge in [-0.25, -0.2) is 0 Å². The average molecular weight is 159 g/mol. The Morgan fingerprint density at radius 3 is 3.00 bits per heavy atom. The molecule has 2 atom stereocenters. The number of rotatable bonds is 2. The molecule has 0 aromatic heterocycles. The summed E-state index contributed by atoms with van der Waals surface area (Å²) in [6.07, 6.45) is 1.13. The quantitative estimate of drug-likeness (QED) is 0.586. The number of carboxylic acid groups (broad SMARTS) is 1. The molecular formula is C7H13NO3. The summed E-state index contributed by atoms with van der Waals surface area (Å²) in [6, 6.07) is 0. The Labute approximate surface area is 65.3 Å². The monoisotopic (exact) mass is 159 g/mol. The van der Waals surface area contributed by atoms with Gasteiger partial charge < -0.3 is 15.6 Å². The molecule has 4 nitrogen and oxygen atoms in total. The van der Waals surface area contributed by atoms with Crippen LogP contribution in [0.4, 0.5) is 0 Å². The van der Waals surface area contributed by atoms with Gasteiger partial charge in [-0.3, -0.25) is 4.79 Å². The molecule has 0 spiro atoms. The minimum absolute atomic E-state index is 0.0511. The molecule has 1 saturated heterocycles. The maximum absolute atomic E-state index is 10.5. The Bertz CT molecular complexity index is 149. The summed E-state index contributed by atoms with van der Waals surface area (Å²) in [5.41, 5.74) is 5.35. The fraction of sp³-hybridized carbons (Fsp3) is 0.857. The summed E-state index contributed by atoms with van der Waals surface area (Å²) in [5, 5.41) is 8.66. The Hall–Kier alpha value is -0.610. The largest absolute Gasteiger partial charge is 0.481 e. The van der Waals surface area contributed by atoms with Crippen LogP contribution in [0.3, 0.4) is 0 Å². The zero-order valence-corrected chi connectivity index (χ0v) is 6.32. The van der Waals surface area contributed by atoms with Crippen LogP contribution < -0.4 is 5.73 Å². The minimum atomic E-state index is -0.730. The van der Waals surface area contributed by atoms with Crippen LogP contribution in [-0.4, -0.2) is 30.3 Å². The molecule has 11 heavy (non-hydrogen) atoms. The van der Waals surface area contributed by atoms with Crippen molar-refractivity contribution in [2.45, 2.75) is 18.9 Å². The second-order valence-electron chi connectivity index (χ2n) is 2.79. The molecule has 1 aliphatic heterocycles. The van der Waals surface area contributed by atoms with E-state index in [1.54, 1.807) is 0 Å². The molecule has 1 heterocycles. The standard InChI is InChI=1S/C7H13NO3/c8-4-6-3-5(7(9)10)1-2-11-6/h5-6H,1-4,8H2,(H,9,10)/t5-,6+/m1/s1. The maximum atomic E-state index is 10.5. The first kappa shape index (κ1) is 8.49. The smallest absolute Gasteiger partial charge is 0.306 e. The van der Waals surface area contributed by atoms with E-state index < -0.39 is 5.97 Å². The molecule has 1 rings (SSSR count). The van der Waals surface area contributed by atoms with Crippen molar-refractivity contribution in [2.24, 2.45) is 11.7 Å². The van der Waals surface area contributed by atoms with Crippen molar-refractivity contribution < 1.29 is 14.6 Å². The molecule has 0 unspecified atom stereocenters. The van der Waals surface area contributed by atoms with E-state index >= 15 is 0 Å². The van der Waals surface area contributed by atoms with Gasteiger partial charge in [-0.15, -0.1) is 0 Å². The number of carbonyl (C=O) groups is 1. The van der Waals surface area contributed by atoms with Crippen molar-refractivity contribution in [2.75, 3.05) is 13.2 Å². The highest BCUT2D eigenvalue weighted by Gasteiger charge is 2.26. The summed E-state index contributed by atoms with van der Waals surface area (Å²) in [6.45, 7) is 0.947. The van der Waals surface area contributed by atoms with E-state index in [0.29, 0.717) is 26.0 Å². The van der Waals surface area contributed by atoms with Gasteiger partial charge in [0.15, 0.2) is 0 Å². The molecule has 3 N–H and O–H groups in total. The van der Waals surface area contributed by atoms with Crippen molar-refractivity contribution in [3.05, 3.63) is 0 Å². The van der Waals surface area contributed by atoms with Gasteiger partial charge in [0.05, 0.1) is 12.0 Å². The molecule has 0 saturated carbocycles. The number of hydrogen-bond donors (Lipinski definition) is 2. The Morgan fingerprint density at radius 2 is 2.45 bits per heavy atom. The second kappa shape index (κ2) is 3.69. The van der Waals surface area contributed by atoms with Crippen LogP contribution in [0.1, 0.15) is 12.8 Å².